The van der Waals surface area contributed by atoms with Crippen molar-refractivity contribution in [3.05, 3.63) is 63.3 Å². The molecule has 3 rings (SSSR count). The molecule has 28 heavy (non-hydrogen) atoms. The van der Waals surface area contributed by atoms with Gasteiger partial charge in [-0.2, -0.15) is 17.4 Å². The molecule has 1 saturated heterocycles. The summed E-state index contributed by atoms with van der Waals surface area (Å²) in [7, 11) is -2.51. The molecule has 1 aliphatic heterocycles. The van der Waals surface area contributed by atoms with Gasteiger partial charge in [0, 0.05) is 23.2 Å². The first-order chi connectivity index (χ1) is 12.7. The Labute approximate surface area is 177 Å². The smallest absolute Gasteiger partial charge is 0.280 e. The molecule has 1 heterocycles. The molecule has 2 N–H and O–H groups in total. The van der Waals surface area contributed by atoms with Gasteiger partial charge in [-0.3, -0.25) is 4.79 Å². The quantitative estimate of drug-likeness (QED) is 0.677. The number of nitrogens with one attached hydrogen (secondary N) is 2. The molecule has 0 spiro atoms. The van der Waals surface area contributed by atoms with Crippen LogP contribution < -0.4 is 10.0 Å². The fraction of sp³-hybridized carbons (Fsp3) is 0.278. The van der Waals surface area contributed by atoms with Gasteiger partial charge in [0.05, 0.1) is 5.02 Å². The van der Waals surface area contributed by atoms with Crippen molar-refractivity contribution in [2.24, 2.45) is 0 Å². The molecule has 10 heteroatoms. The fourth-order valence-corrected chi connectivity index (χ4v) is 4.54. The van der Waals surface area contributed by atoms with Crippen molar-refractivity contribution in [2.45, 2.75) is 25.9 Å². The van der Waals surface area contributed by atoms with Crippen molar-refractivity contribution in [3.63, 3.8) is 0 Å². The minimum atomic E-state index is -3.85. The molecule has 0 radical (unpaired) electrons. The fourth-order valence-electron chi connectivity index (χ4n) is 2.82. The SMILES string of the molecule is C.CN1C(C(=O)Nc2ccc(F)c(Cl)c2)CC(c2ccc(Br)cc2)NS1(=O)=O. The van der Waals surface area contributed by atoms with Crippen LogP contribution >= 0.6 is 27.5 Å². The molecule has 2 aromatic rings. The van der Waals surface area contributed by atoms with Crippen LogP contribution in [0.2, 0.25) is 5.02 Å². The number of amides is 1. The van der Waals surface area contributed by atoms with E-state index in [1.165, 1.54) is 19.2 Å². The number of hydrogen-bond acceptors (Lipinski definition) is 3. The summed E-state index contributed by atoms with van der Waals surface area (Å²) in [5, 5.41) is 2.47. The van der Waals surface area contributed by atoms with Crippen LogP contribution in [0, 0.1) is 5.82 Å². The van der Waals surface area contributed by atoms with E-state index >= 15 is 0 Å². The predicted octanol–water partition coefficient (Wildman–Crippen LogP) is 4.10. The van der Waals surface area contributed by atoms with Crippen LogP contribution in [0.1, 0.15) is 25.5 Å². The Morgan fingerprint density at radius 3 is 2.54 bits per heavy atom. The lowest BCUT2D eigenvalue weighted by Gasteiger charge is -2.36. The second-order valence-electron chi connectivity index (χ2n) is 6.11. The molecule has 6 nitrogen and oxygen atoms in total. The molecule has 0 bridgehead atoms. The Bertz CT molecular complexity index is 973. The van der Waals surface area contributed by atoms with E-state index < -0.39 is 34.0 Å². The molecule has 1 fully saturated rings. The lowest BCUT2D eigenvalue weighted by atomic mass is 9.99. The Balaban J connectivity index is 0.00000280. The van der Waals surface area contributed by atoms with Crippen molar-refractivity contribution < 1.29 is 17.6 Å². The molecule has 0 aromatic heterocycles. The molecule has 0 aliphatic carbocycles. The van der Waals surface area contributed by atoms with Gasteiger partial charge in [0.2, 0.25) is 5.91 Å². The highest BCUT2D eigenvalue weighted by atomic mass is 79.9. The maximum absolute atomic E-state index is 13.3. The van der Waals surface area contributed by atoms with Gasteiger partial charge in [0.1, 0.15) is 11.9 Å². The molecule has 1 amide bonds. The molecule has 2 atom stereocenters. The Morgan fingerprint density at radius 1 is 1.29 bits per heavy atom. The van der Waals surface area contributed by atoms with E-state index in [2.05, 4.69) is 26.0 Å². The molecule has 1 aliphatic rings. The lowest BCUT2D eigenvalue weighted by Crippen LogP contribution is -2.55. The Kier molecular flexibility index (Phi) is 7.22. The zero-order chi connectivity index (χ0) is 19.8. The summed E-state index contributed by atoms with van der Waals surface area (Å²) < 4.78 is 42.6. The maximum Gasteiger partial charge on any atom is 0.280 e. The van der Waals surface area contributed by atoms with Crippen molar-refractivity contribution in [1.82, 2.24) is 9.03 Å². The molecular weight excluding hydrogens is 473 g/mol. The third-order valence-electron chi connectivity index (χ3n) is 4.33. The minimum Gasteiger partial charge on any atom is -0.325 e. The van der Waals surface area contributed by atoms with E-state index in [9.17, 15) is 17.6 Å². The highest BCUT2D eigenvalue weighted by molar-refractivity contribution is 9.10. The van der Waals surface area contributed by atoms with Crippen molar-refractivity contribution in [1.29, 1.82) is 0 Å². The normalized spacial score (nSPS) is 21.6. The molecule has 2 aromatic carbocycles. The van der Waals surface area contributed by atoms with Crippen molar-refractivity contribution in [3.8, 4) is 0 Å². The molecule has 2 unspecified atom stereocenters. The van der Waals surface area contributed by atoms with E-state index in [1.807, 2.05) is 0 Å². The number of carbonyl (C=O) groups excluding carboxylic acids is 1. The molecule has 0 saturated carbocycles. The summed E-state index contributed by atoms with van der Waals surface area (Å²) in [5.74, 6) is -1.13. The number of anilines is 1. The third-order valence-corrected chi connectivity index (χ3v) is 6.74. The zero-order valence-corrected chi connectivity index (χ0v) is 17.3. The van der Waals surface area contributed by atoms with Gasteiger partial charge in [-0.25, -0.2) is 4.39 Å². The van der Waals surface area contributed by atoms with Crippen LogP contribution in [0.4, 0.5) is 10.1 Å². The molecule has 152 valence electrons. The van der Waals surface area contributed by atoms with E-state index in [0.29, 0.717) is 0 Å². The van der Waals surface area contributed by atoms with Crippen molar-refractivity contribution >= 4 is 49.3 Å². The summed E-state index contributed by atoms with van der Waals surface area (Å²) in [6.07, 6.45) is 0.234. The van der Waals surface area contributed by atoms with Crippen LogP contribution in [-0.4, -0.2) is 31.7 Å². The van der Waals surface area contributed by atoms with Gasteiger partial charge in [-0.1, -0.05) is 47.1 Å². The average Bonchev–Trinajstić information content (AvgIpc) is 2.61. The van der Waals surface area contributed by atoms with Gasteiger partial charge in [0.25, 0.3) is 10.2 Å². The number of hydrogen-bond donors (Lipinski definition) is 2. The minimum absolute atomic E-state index is 0. The molecular formula is C18H20BrClFN3O3S. The van der Waals surface area contributed by atoms with Crippen LogP contribution in [0.5, 0.6) is 0 Å². The number of rotatable bonds is 3. The van der Waals surface area contributed by atoms with Gasteiger partial charge >= 0.3 is 0 Å². The third kappa shape index (κ3) is 4.90. The van der Waals surface area contributed by atoms with Crippen LogP contribution in [0.15, 0.2) is 46.9 Å². The van der Waals surface area contributed by atoms with E-state index in [-0.39, 0.29) is 24.6 Å². The first-order valence-electron chi connectivity index (χ1n) is 7.94. The van der Waals surface area contributed by atoms with Gasteiger partial charge in [-0.15, -0.1) is 0 Å². The number of nitrogens with zero attached hydrogens (tertiary/aromatic N) is 1. The largest absolute Gasteiger partial charge is 0.325 e. The van der Waals surface area contributed by atoms with Gasteiger partial charge in [0.15, 0.2) is 0 Å². The number of likely N-dealkylation sites (N-methyl/N-ethyl adjacent to an activating group) is 1. The monoisotopic (exact) mass is 491 g/mol. The number of carbonyl (C=O) groups is 1. The summed E-state index contributed by atoms with van der Waals surface area (Å²) in [4.78, 5) is 12.7. The zero-order valence-electron chi connectivity index (χ0n) is 14.1. The lowest BCUT2D eigenvalue weighted by molar-refractivity contribution is -0.120. The number of halogens is 3. The first-order valence-corrected chi connectivity index (χ1v) is 10.5. The van der Waals surface area contributed by atoms with E-state index in [1.54, 1.807) is 24.3 Å². The summed E-state index contributed by atoms with van der Waals surface area (Å²) in [6, 6.07) is 9.47. The predicted molar refractivity (Wildman–Crippen MR) is 112 cm³/mol. The second kappa shape index (κ2) is 8.87. The highest BCUT2D eigenvalue weighted by Gasteiger charge is 2.40. The summed E-state index contributed by atoms with van der Waals surface area (Å²) >= 11 is 9.06. The van der Waals surface area contributed by atoms with Crippen molar-refractivity contribution in [2.75, 3.05) is 12.4 Å². The van der Waals surface area contributed by atoms with Crippen LogP contribution in [0.3, 0.4) is 0 Å². The van der Waals surface area contributed by atoms with Crippen LogP contribution in [0.25, 0.3) is 0 Å². The highest BCUT2D eigenvalue weighted by Crippen LogP contribution is 2.29. The summed E-state index contributed by atoms with van der Waals surface area (Å²) in [6.45, 7) is 0. The van der Waals surface area contributed by atoms with Gasteiger partial charge < -0.3 is 5.32 Å². The second-order valence-corrected chi connectivity index (χ2v) is 9.20. The van der Waals surface area contributed by atoms with Gasteiger partial charge in [-0.05, 0) is 42.3 Å². The maximum atomic E-state index is 13.3. The number of benzene rings is 2. The van der Waals surface area contributed by atoms with E-state index in [4.69, 9.17) is 11.6 Å². The van der Waals surface area contributed by atoms with Crippen LogP contribution in [-0.2, 0) is 15.0 Å². The topological polar surface area (TPSA) is 78.5 Å². The average molecular weight is 493 g/mol. The van der Waals surface area contributed by atoms with E-state index in [0.717, 1.165) is 20.4 Å². The standard InChI is InChI=1S/C17H16BrClFN3O3S.CH4/c1-23-16(17(24)21-12-6-7-14(20)13(19)8-12)9-15(22-27(23,25)26)10-2-4-11(18)5-3-10;/h2-8,15-16,22H,9H2,1H3,(H,21,24);1H4. The Morgan fingerprint density at radius 2 is 1.93 bits per heavy atom. The Hall–Kier alpha value is -1.52. The summed E-state index contributed by atoms with van der Waals surface area (Å²) in [5.41, 5.74) is 1.04. The first kappa shape index (κ1) is 22.8.